The number of piperidine rings is 1. The highest BCUT2D eigenvalue weighted by Crippen LogP contribution is 2.25. The fourth-order valence-electron chi connectivity index (χ4n) is 4.43. The maximum absolute atomic E-state index is 12.8. The number of carbonyl (C=O) groups is 1. The number of nitrogens with zero attached hydrogens (tertiary/aromatic N) is 1. The van der Waals surface area contributed by atoms with Crippen LogP contribution < -0.4 is 15.6 Å². The molecule has 0 atom stereocenters. The number of ether oxygens (including phenoxy) is 1. The van der Waals surface area contributed by atoms with E-state index < -0.39 is 9.84 Å². The largest absolute Gasteiger partial charge is 0.490 e. The molecule has 0 unspecified atom stereocenters. The van der Waals surface area contributed by atoms with Gasteiger partial charge in [-0.25, -0.2) is 8.42 Å². The molecule has 1 aliphatic rings. The Morgan fingerprint density at radius 3 is 2.61 bits per heavy atom. The number of carbonyl (C=O) groups excluding carboxylic acids is 1. The van der Waals surface area contributed by atoms with Gasteiger partial charge >= 0.3 is 0 Å². The number of hydrogen-bond donors (Lipinski definition) is 2. The van der Waals surface area contributed by atoms with Gasteiger partial charge in [-0.3, -0.25) is 9.59 Å². The number of aryl methyl sites for hydroxylation is 1. The first-order chi connectivity index (χ1) is 17.1. The summed E-state index contributed by atoms with van der Waals surface area (Å²) in [4.78, 5) is 30.0. The van der Waals surface area contributed by atoms with Gasteiger partial charge in [0.1, 0.15) is 11.9 Å². The van der Waals surface area contributed by atoms with Gasteiger partial charge in [0.05, 0.1) is 10.5 Å². The zero-order valence-corrected chi connectivity index (χ0v) is 21.9. The van der Waals surface area contributed by atoms with E-state index in [-0.39, 0.29) is 33.4 Å². The van der Waals surface area contributed by atoms with Crippen molar-refractivity contribution in [1.29, 1.82) is 0 Å². The van der Waals surface area contributed by atoms with Crippen LogP contribution in [0.5, 0.6) is 5.75 Å². The molecule has 2 heterocycles. The molecule has 2 N–H and O–H groups in total. The second-order valence-corrected chi connectivity index (χ2v) is 11.6. The Morgan fingerprint density at radius 1 is 1.17 bits per heavy atom. The minimum atomic E-state index is -3.47. The number of nitrogens with one attached hydrogen (secondary N) is 2. The third kappa shape index (κ3) is 6.27. The fraction of sp³-hybridized carbons (Fsp3) is 0.385. The minimum absolute atomic E-state index is 0.0632. The predicted octanol–water partition coefficient (Wildman–Crippen LogP) is 3.56. The fourth-order valence-corrected chi connectivity index (χ4v) is 5.30. The van der Waals surface area contributed by atoms with Crippen molar-refractivity contribution in [1.82, 2.24) is 15.2 Å². The Hall–Kier alpha value is -2.88. The number of aromatic amines is 1. The summed E-state index contributed by atoms with van der Waals surface area (Å²) in [5.41, 5.74) is 0.897. The lowest BCUT2D eigenvalue weighted by Crippen LogP contribution is -2.39. The number of hydrogen-bond acceptors (Lipinski definition) is 6. The molecule has 4 rings (SSSR count). The van der Waals surface area contributed by atoms with Crippen LogP contribution in [0, 0.1) is 6.92 Å². The van der Waals surface area contributed by atoms with Crippen LogP contribution in [-0.4, -0.2) is 62.7 Å². The number of aromatic nitrogens is 1. The lowest BCUT2D eigenvalue weighted by atomic mass is 10.1. The van der Waals surface area contributed by atoms with Gasteiger partial charge in [-0.15, -0.1) is 0 Å². The van der Waals surface area contributed by atoms with E-state index in [4.69, 9.17) is 16.3 Å². The summed E-state index contributed by atoms with van der Waals surface area (Å²) in [5, 5.41) is 4.18. The number of rotatable bonds is 8. The summed E-state index contributed by atoms with van der Waals surface area (Å²) < 4.78 is 30.0. The topological polar surface area (TPSA) is 109 Å². The molecule has 1 aromatic heterocycles. The molecule has 8 nitrogen and oxygen atoms in total. The van der Waals surface area contributed by atoms with Gasteiger partial charge in [0, 0.05) is 47.9 Å². The van der Waals surface area contributed by atoms with E-state index in [2.05, 4.69) is 15.2 Å². The van der Waals surface area contributed by atoms with E-state index in [1.807, 2.05) is 25.1 Å². The van der Waals surface area contributed by atoms with Gasteiger partial charge in [0.15, 0.2) is 9.84 Å². The van der Waals surface area contributed by atoms with E-state index in [1.165, 1.54) is 24.4 Å². The van der Waals surface area contributed by atoms with Gasteiger partial charge in [0.25, 0.3) is 11.5 Å². The minimum Gasteiger partial charge on any atom is -0.490 e. The van der Waals surface area contributed by atoms with Crippen molar-refractivity contribution < 1.29 is 17.9 Å². The number of halogens is 1. The third-order valence-electron chi connectivity index (χ3n) is 6.45. The van der Waals surface area contributed by atoms with Crippen LogP contribution in [-0.2, 0) is 9.84 Å². The molecule has 0 bridgehead atoms. The lowest BCUT2D eigenvalue weighted by molar-refractivity contribution is 0.0935. The molecule has 36 heavy (non-hydrogen) atoms. The maximum atomic E-state index is 12.8. The van der Waals surface area contributed by atoms with Crippen molar-refractivity contribution in [2.45, 2.75) is 37.2 Å². The molecule has 0 spiro atoms. The van der Waals surface area contributed by atoms with Crippen molar-refractivity contribution in [3.05, 3.63) is 69.1 Å². The number of H-pyrrole nitrogens is 1. The first kappa shape index (κ1) is 26.2. The van der Waals surface area contributed by atoms with Gasteiger partial charge in [0.2, 0.25) is 0 Å². The Kier molecular flexibility index (Phi) is 8.02. The van der Waals surface area contributed by atoms with Crippen LogP contribution in [0.15, 0.2) is 52.3 Å². The molecule has 1 fully saturated rings. The zero-order valence-electron chi connectivity index (χ0n) is 20.3. The van der Waals surface area contributed by atoms with E-state index in [0.717, 1.165) is 56.5 Å². The van der Waals surface area contributed by atoms with Gasteiger partial charge in [-0.1, -0.05) is 11.6 Å². The van der Waals surface area contributed by atoms with Gasteiger partial charge in [-0.05, 0) is 74.7 Å². The lowest BCUT2D eigenvalue weighted by Gasteiger charge is -2.32. The molecule has 2 aromatic carbocycles. The highest BCUT2D eigenvalue weighted by Gasteiger charge is 2.21. The predicted molar refractivity (Wildman–Crippen MR) is 141 cm³/mol. The van der Waals surface area contributed by atoms with Crippen LogP contribution >= 0.6 is 11.6 Å². The molecule has 3 aromatic rings. The highest BCUT2D eigenvalue weighted by atomic mass is 35.5. The van der Waals surface area contributed by atoms with E-state index >= 15 is 0 Å². The molecule has 1 saturated heterocycles. The van der Waals surface area contributed by atoms with Crippen molar-refractivity contribution in [2.24, 2.45) is 0 Å². The summed E-state index contributed by atoms with van der Waals surface area (Å²) in [6.07, 6.45) is 5.23. The van der Waals surface area contributed by atoms with E-state index in [9.17, 15) is 18.0 Å². The zero-order chi connectivity index (χ0) is 25.9. The second kappa shape index (κ2) is 11.0. The Bertz CT molecular complexity index is 1430. The first-order valence-corrected chi connectivity index (χ1v) is 14.2. The summed E-state index contributed by atoms with van der Waals surface area (Å²) >= 11 is 6.02. The highest BCUT2D eigenvalue weighted by molar-refractivity contribution is 7.90. The molecule has 192 valence electrons. The first-order valence-electron chi connectivity index (χ1n) is 11.9. The molecular formula is C26H30ClN3O5S. The molecule has 0 radical (unpaired) electrons. The molecule has 0 saturated carbocycles. The van der Waals surface area contributed by atoms with Crippen LogP contribution in [0.2, 0.25) is 5.02 Å². The molecule has 1 aliphatic heterocycles. The summed E-state index contributed by atoms with van der Waals surface area (Å²) in [5.74, 6) is 0.520. The second-order valence-electron chi connectivity index (χ2n) is 9.19. The van der Waals surface area contributed by atoms with Crippen molar-refractivity contribution in [3.63, 3.8) is 0 Å². The van der Waals surface area contributed by atoms with Crippen molar-refractivity contribution >= 4 is 38.1 Å². The van der Waals surface area contributed by atoms with E-state index in [0.29, 0.717) is 17.0 Å². The van der Waals surface area contributed by atoms with Crippen molar-refractivity contribution in [2.75, 3.05) is 32.4 Å². The number of benzene rings is 2. The summed E-state index contributed by atoms with van der Waals surface area (Å²) in [6, 6.07) is 9.85. The van der Waals surface area contributed by atoms with Gasteiger partial charge in [-0.2, -0.15) is 0 Å². The summed E-state index contributed by atoms with van der Waals surface area (Å²) in [7, 11) is -3.47. The average molecular weight is 532 g/mol. The number of pyridine rings is 1. The normalized spacial score (nSPS) is 15.2. The molecular weight excluding hydrogens is 502 g/mol. The Balaban J connectivity index is 1.27. The molecule has 0 aliphatic carbocycles. The maximum Gasteiger partial charge on any atom is 0.255 e. The number of amides is 1. The number of fused-ring (bicyclic) bond motifs is 1. The smallest absolute Gasteiger partial charge is 0.255 e. The third-order valence-corrected chi connectivity index (χ3v) is 7.79. The Morgan fingerprint density at radius 2 is 1.92 bits per heavy atom. The SMILES string of the molecule is Cc1cc(Cl)ccc1OC1CCN(CCCNC(=O)c2c[nH]c(=O)c3ccc(S(C)(=O)=O)cc23)CC1. The van der Waals surface area contributed by atoms with Crippen molar-refractivity contribution in [3.8, 4) is 5.75 Å². The summed E-state index contributed by atoms with van der Waals surface area (Å²) in [6.45, 7) is 5.14. The van der Waals surface area contributed by atoms with Gasteiger partial charge < -0.3 is 19.9 Å². The standard InChI is InChI=1S/C26H30ClN3O5S/c1-17-14-18(27)4-7-24(17)35-19-8-12-30(13-9-19)11-3-10-28-26(32)23-16-29-25(31)21-6-5-20(15-22(21)23)36(2,33)34/h4-7,14-16,19H,3,8-13H2,1-2H3,(H,28,32)(H,29,31). The quantitative estimate of drug-likeness (QED) is 0.430. The van der Waals surface area contributed by atoms with E-state index in [1.54, 1.807) is 0 Å². The number of sulfone groups is 1. The van der Waals surface area contributed by atoms with Crippen LogP contribution in [0.1, 0.15) is 35.2 Å². The van der Waals surface area contributed by atoms with Crippen LogP contribution in [0.25, 0.3) is 10.8 Å². The van der Waals surface area contributed by atoms with Crippen LogP contribution in [0.3, 0.4) is 0 Å². The monoisotopic (exact) mass is 531 g/mol. The van der Waals surface area contributed by atoms with Crippen LogP contribution in [0.4, 0.5) is 0 Å². The molecule has 1 amide bonds. The Labute approximate surface area is 215 Å². The molecule has 10 heteroatoms. The average Bonchev–Trinajstić information content (AvgIpc) is 2.84. The number of likely N-dealkylation sites (tertiary alicyclic amines) is 1.